The van der Waals surface area contributed by atoms with Crippen LogP contribution in [0.25, 0.3) is 0 Å². The summed E-state index contributed by atoms with van der Waals surface area (Å²) in [4.78, 5) is 16.1. The van der Waals surface area contributed by atoms with E-state index in [1.165, 1.54) is 0 Å². The van der Waals surface area contributed by atoms with Crippen molar-refractivity contribution in [2.24, 2.45) is 0 Å². The Morgan fingerprint density at radius 2 is 2.30 bits per heavy atom. The highest BCUT2D eigenvalue weighted by Gasteiger charge is 2.11. The molecule has 108 valence electrons. The molecule has 2 rings (SSSR count). The smallest absolute Gasteiger partial charge is 0.272 e. The van der Waals surface area contributed by atoms with Crippen LogP contribution in [0, 0.1) is 0 Å². The quantitative estimate of drug-likeness (QED) is 0.878. The zero-order valence-corrected chi connectivity index (χ0v) is 12.1. The van der Waals surface area contributed by atoms with Gasteiger partial charge in [0.1, 0.15) is 11.5 Å². The fourth-order valence-electron chi connectivity index (χ4n) is 1.76. The molecule has 0 saturated heterocycles. The lowest BCUT2D eigenvalue weighted by molar-refractivity contribution is 0.0942. The Bertz CT molecular complexity index is 571. The number of hydrogen-bond donors (Lipinski definition) is 1. The Kier molecular flexibility index (Phi) is 4.55. The lowest BCUT2D eigenvalue weighted by Crippen LogP contribution is -2.23. The van der Waals surface area contributed by atoms with Gasteiger partial charge in [-0.25, -0.2) is 4.98 Å². The molecule has 0 bridgehead atoms. The highest BCUT2D eigenvalue weighted by Crippen LogP contribution is 2.07. The predicted molar refractivity (Wildman–Crippen MR) is 74.3 cm³/mol. The van der Waals surface area contributed by atoms with Gasteiger partial charge in [-0.15, -0.1) is 0 Å². The van der Waals surface area contributed by atoms with Gasteiger partial charge in [0.05, 0.1) is 12.7 Å². The van der Waals surface area contributed by atoms with Crippen molar-refractivity contribution < 1.29 is 9.21 Å². The molecule has 6 nitrogen and oxygen atoms in total. The molecule has 2 aromatic heterocycles. The molecule has 0 unspecified atom stereocenters. The average molecular weight is 276 g/mol. The van der Waals surface area contributed by atoms with Gasteiger partial charge in [0.2, 0.25) is 0 Å². The Morgan fingerprint density at radius 3 is 2.95 bits per heavy atom. The normalized spacial score (nSPS) is 11.0. The van der Waals surface area contributed by atoms with Gasteiger partial charge < -0.3 is 9.73 Å². The number of rotatable bonds is 6. The summed E-state index contributed by atoms with van der Waals surface area (Å²) in [7, 11) is 0. The number of carbonyl (C=O) groups is 1. The maximum Gasteiger partial charge on any atom is 0.272 e. The third kappa shape index (κ3) is 3.46. The SMILES string of the molecule is CCCc1ncc(CNC(=O)c2ccn(C(C)C)n2)o1. The molecule has 2 heterocycles. The van der Waals surface area contributed by atoms with Gasteiger partial charge >= 0.3 is 0 Å². The maximum atomic E-state index is 11.9. The molecule has 0 atom stereocenters. The van der Waals surface area contributed by atoms with Crippen LogP contribution >= 0.6 is 0 Å². The molecule has 6 heteroatoms. The van der Waals surface area contributed by atoms with Gasteiger partial charge in [-0.2, -0.15) is 5.10 Å². The van der Waals surface area contributed by atoms with E-state index in [4.69, 9.17) is 4.42 Å². The van der Waals surface area contributed by atoms with Crippen molar-refractivity contribution >= 4 is 5.91 Å². The van der Waals surface area contributed by atoms with E-state index in [0.717, 1.165) is 12.8 Å². The number of carbonyl (C=O) groups excluding carboxylic acids is 1. The van der Waals surface area contributed by atoms with Crippen LogP contribution < -0.4 is 5.32 Å². The van der Waals surface area contributed by atoms with Gasteiger partial charge in [0, 0.05) is 18.7 Å². The molecular formula is C14H20N4O2. The second-order valence-electron chi connectivity index (χ2n) is 4.93. The number of hydrogen-bond acceptors (Lipinski definition) is 4. The maximum absolute atomic E-state index is 11.9. The summed E-state index contributed by atoms with van der Waals surface area (Å²) >= 11 is 0. The van der Waals surface area contributed by atoms with Crippen molar-refractivity contribution in [2.45, 2.75) is 46.2 Å². The van der Waals surface area contributed by atoms with Crippen LogP contribution in [0.5, 0.6) is 0 Å². The van der Waals surface area contributed by atoms with Crippen molar-refractivity contribution in [2.75, 3.05) is 0 Å². The van der Waals surface area contributed by atoms with Crippen LogP contribution in [-0.4, -0.2) is 20.7 Å². The Hall–Kier alpha value is -2.11. The molecule has 0 aliphatic heterocycles. The first-order valence-corrected chi connectivity index (χ1v) is 6.87. The van der Waals surface area contributed by atoms with E-state index in [0.29, 0.717) is 23.9 Å². The molecule has 0 fully saturated rings. The predicted octanol–water partition coefficient (Wildman–Crippen LogP) is 2.33. The van der Waals surface area contributed by atoms with Gasteiger partial charge in [0.15, 0.2) is 5.89 Å². The van der Waals surface area contributed by atoms with Crippen molar-refractivity contribution in [1.82, 2.24) is 20.1 Å². The summed E-state index contributed by atoms with van der Waals surface area (Å²) in [5.41, 5.74) is 0.409. The van der Waals surface area contributed by atoms with Crippen LogP contribution in [0.15, 0.2) is 22.9 Å². The second kappa shape index (κ2) is 6.36. The summed E-state index contributed by atoms with van der Waals surface area (Å²) in [5.74, 6) is 1.16. The number of aromatic nitrogens is 3. The van der Waals surface area contributed by atoms with Crippen LogP contribution in [0.4, 0.5) is 0 Å². The zero-order chi connectivity index (χ0) is 14.5. The molecule has 2 aromatic rings. The van der Waals surface area contributed by atoms with Gasteiger partial charge in [-0.3, -0.25) is 9.48 Å². The molecule has 0 aliphatic carbocycles. The standard InChI is InChI=1S/C14H20N4O2/c1-4-5-13-15-8-11(20-13)9-16-14(19)12-6-7-18(17-12)10(2)3/h6-8,10H,4-5,9H2,1-3H3,(H,16,19). The van der Waals surface area contributed by atoms with E-state index in [1.807, 2.05) is 13.8 Å². The first-order chi connectivity index (χ1) is 9.60. The first kappa shape index (κ1) is 14.3. The molecule has 0 spiro atoms. The highest BCUT2D eigenvalue weighted by atomic mass is 16.4. The van der Waals surface area contributed by atoms with Gasteiger partial charge in [-0.1, -0.05) is 6.92 Å². The van der Waals surface area contributed by atoms with Crippen molar-refractivity contribution in [3.63, 3.8) is 0 Å². The van der Waals surface area contributed by atoms with E-state index >= 15 is 0 Å². The molecule has 1 amide bonds. The molecule has 0 radical (unpaired) electrons. The van der Waals surface area contributed by atoms with Crippen LogP contribution in [0.1, 0.15) is 55.4 Å². The van der Waals surface area contributed by atoms with Gasteiger partial charge in [-0.05, 0) is 26.3 Å². The summed E-state index contributed by atoms with van der Waals surface area (Å²) < 4.78 is 7.26. The van der Waals surface area contributed by atoms with E-state index in [1.54, 1.807) is 23.1 Å². The fraction of sp³-hybridized carbons (Fsp3) is 0.500. The average Bonchev–Trinajstić information content (AvgIpc) is 3.05. The summed E-state index contributed by atoms with van der Waals surface area (Å²) in [6.07, 6.45) is 5.25. The minimum atomic E-state index is -0.210. The summed E-state index contributed by atoms with van der Waals surface area (Å²) in [5, 5.41) is 6.99. The van der Waals surface area contributed by atoms with Crippen LogP contribution in [-0.2, 0) is 13.0 Å². The third-order valence-corrected chi connectivity index (χ3v) is 2.86. The molecule has 0 saturated carbocycles. The molecule has 0 aromatic carbocycles. The van der Waals surface area contributed by atoms with E-state index < -0.39 is 0 Å². The summed E-state index contributed by atoms with van der Waals surface area (Å²) in [6.45, 7) is 6.41. The number of nitrogens with one attached hydrogen (secondary N) is 1. The van der Waals surface area contributed by atoms with Gasteiger partial charge in [0.25, 0.3) is 5.91 Å². The minimum absolute atomic E-state index is 0.210. The lowest BCUT2D eigenvalue weighted by Gasteiger charge is -2.04. The topological polar surface area (TPSA) is 73.0 Å². The molecule has 20 heavy (non-hydrogen) atoms. The zero-order valence-electron chi connectivity index (χ0n) is 12.1. The Labute approximate surface area is 118 Å². The molecule has 1 N–H and O–H groups in total. The van der Waals surface area contributed by atoms with E-state index in [-0.39, 0.29) is 11.9 Å². The highest BCUT2D eigenvalue weighted by molar-refractivity contribution is 5.92. The molecule has 0 aliphatic rings. The van der Waals surface area contributed by atoms with E-state index in [9.17, 15) is 4.79 Å². The third-order valence-electron chi connectivity index (χ3n) is 2.86. The van der Waals surface area contributed by atoms with Crippen molar-refractivity contribution in [3.05, 3.63) is 35.8 Å². The first-order valence-electron chi connectivity index (χ1n) is 6.87. The monoisotopic (exact) mass is 276 g/mol. The number of nitrogens with zero attached hydrogens (tertiary/aromatic N) is 3. The van der Waals surface area contributed by atoms with Crippen molar-refractivity contribution in [1.29, 1.82) is 0 Å². The Balaban J connectivity index is 1.90. The Morgan fingerprint density at radius 1 is 1.50 bits per heavy atom. The van der Waals surface area contributed by atoms with E-state index in [2.05, 4.69) is 22.3 Å². The minimum Gasteiger partial charge on any atom is -0.444 e. The van der Waals surface area contributed by atoms with Crippen LogP contribution in [0.2, 0.25) is 0 Å². The van der Waals surface area contributed by atoms with Crippen LogP contribution in [0.3, 0.4) is 0 Å². The summed E-state index contributed by atoms with van der Waals surface area (Å²) in [6, 6.07) is 1.94. The fourth-order valence-corrected chi connectivity index (χ4v) is 1.76. The largest absolute Gasteiger partial charge is 0.444 e. The number of amides is 1. The number of aryl methyl sites for hydroxylation is 1. The lowest BCUT2D eigenvalue weighted by atomic mass is 10.3. The number of oxazole rings is 1. The molecular weight excluding hydrogens is 256 g/mol. The second-order valence-corrected chi connectivity index (χ2v) is 4.93. The van der Waals surface area contributed by atoms with Crippen molar-refractivity contribution in [3.8, 4) is 0 Å².